The lowest BCUT2D eigenvalue weighted by molar-refractivity contribution is 0.363. The molecule has 0 unspecified atom stereocenters. The van der Waals surface area contributed by atoms with Gasteiger partial charge in [-0.3, -0.25) is 0 Å². The van der Waals surface area contributed by atoms with Crippen LogP contribution in [0, 0.1) is 6.57 Å². The van der Waals surface area contributed by atoms with E-state index >= 15 is 0 Å². The smallest absolute Gasteiger partial charge is 0.153 e. The quantitative estimate of drug-likeness (QED) is 0.618. The maximum absolute atomic E-state index is 6.47. The van der Waals surface area contributed by atoms with Gasteiger partial charge in [-0.2, -0.15) is 0 Å². The predicted molar refractivity (Wildman–Crippen MR) is 47.7 cm³/mol. The summed E-state index contributed by atoms with van der Waals surface area (Å²) in [5.41, 5.74) is 0. The van der Waals surface area contributed by atoms with Crippen molar-refractivity contribution in [1.29, 1.82) is 0 Å². The van der Waals surface area contributed by atoms with Crippen molar-refractivity contribution in [3.8, 4) is 5.75 Å². The van der Waals surface area contributed by atoms with Crippen LogP contribution in [-0.4, -0.2) is 6.61 Å². The maximum atomic E-state index is 6.47. The van der Waals surface area contributed by atoms with Crippen LogP contribution in [-0.2, 0) is 0 Å². The van der Waals surface area contributed by atoms with Gasteiger partial charge in [-0.25, -0.2) is 4.85 Å². The lowest BCUT2D eigenvalue weighted by atomic mass is 10.3. The average molecular weight is 159 g/mol. The van der Waals surface area contributed by atoms with Crippen LogP contribution in [0.2, 0.25) is 0 Å². The third-order valence-corrected chi connectivity index (χ3v) is 1.27. The van der Waals surface area contributed by atoms with Gasteiger partial charge in [0.2, 0.25) is 0 Å². The Balaban J connectivity index is 2.35. The third kappa shape index (κ3) is 2.89. The van der Waals surface area contributed by atoms with E-state index in [1.165, 1.54) is 6.20 Å². The fourth-order valence-corrected chi connectivity index (χ4v) is 0.757. The van der Waals surface area contributed by atoms with Crippen molar-refractivity contribution in [3.05, 3.63) is 54.0 Å². The molecule has 0 atom stereocenters. The van der Waals surface area contributed by atoms with Gasteiger partial charge in [0.05, 0.1) is 13.2 Å². The summed E-state index contributed by atoms with van der Waals surface area (Å²) in [4.78, 5) is 3.06. The Morgan fingerprint density at radius 3 is 2.75 bits per heavy atom. The first-order valence-electron chi connectivity index (χ1n) is 3.63. The van der Waals surface area contributed by atoms with Gasteiger partial charge in [-0.15, -0.1) is 0 Å². The van der Waals surface area contributed by atoms with E-state index in [4.69, 9.17) is 11.3 Å². The summed E-state index contributed by atoms with van der Waals surface area (Å²) in [7, 11) is 0. The zero-order valence-electron chi connectivity index (χ0n) is 6.60. The number of para-hydroxylation sites is 1. The first-order chi connectivity index (χ1) is 5.93. The van der Waals surface area contributed by atoms with Gasteiger partial charge in [0.25, 0.3) is 0 Å². The molecule has 0 aliphatic heterocycles. The number of ether oxygens (including phenoxy) is 1. The molecular weight excluding hydrogens is 150 g/mol. The Labute approximate surface area is 71.9 Å². The molecule has 12 heavy (non-hydrogen) atoms. The minimum atomic E-state index is 0.451. The number of hydrogen-bond acceptors (Lipinski definition) is 1. The lowest BCUT2D eigenvalue weighted by Crippen LogP contribution is -1.91. The number of hydrogen-bond donors (Lipinski definition) is 0. The molecule has 1 aromatic carbocycles. The molecule has 0 aliphatic carbocycles. The van der Waals surface area contributed by atoms with E-state index in [1.54, 1.807) is 6.08 Å². The van der Waals surface area contributed by atoms with Crippen molar-refractivity contribution < 1.29 is 4.74 Å². The molecule has 0 saturated carbocycles. The highest BCUT2D eigenvalue weighted by molar-refractivity contribution is 5.21. The van der Waals surface area contributed by atoms with Gasteiger partial charge < -0.3 is 4.74 Å². The van der Waals surface area contributed by atoms with Crippen LogP contribution in [0.25, 0.3) is 4.85 Å². The fraction of sp³-hybridized carbons (Fsp3) is 0.100. The summed E-state index contributed by atoms with van der Waals surface area (Å²) < 4.78 is 5.28. The summed E-state index contributed by atoms with van der Waals surface area (Å²) in [6.07, 6.45) is 3.07. The van der Waals surface area contributed by atoms with Crippen LogP contribution in [0.5, 0.6) is 5.75 Å². The van der Waals surface area contributed by atoms with Crippen molar-refractivity contribution >= 4 is 0 Å². The highest BCUT2D eigenvalue weighted by Crippen LogP contribution is 2.07. The fourth-order valence-electron chi connectivity index (χ4n) is 0.757. The summed E-state index contributed by atoms with van der Waals surface area (Å²) in [6.45, 7) is 6.92. The van der Waals surface area contributed by atoms with Crippen LogP contribution in [0.1, 0.15) is 0 Å². The Hall–Kier alpha value is -1.75. The zero-order valence-corrected chi connectivity index (χ0v) is 6.60. The van der Waals surface area contributed by atoms with E-state index in [2.05, 4.69) is 4.85 Å². The SMILES string of the molecule is [C-]#[N+]/C=C\COc1ccccc1. The van der Waals surface area contributed by atoms with Crippen molar-refractivity contribution in [2.45, 2.75) is 0 Å². The van der Waals surface area contributed by atoms with Crippen LogP contribution in [0.3, 0.4) is 0 Å². The largest absolute Gasteiger partial charge is 0.491 e. The van der Waals surface area contributed by atoms with E-state index < -0.39 is 0 Å². The van der Waals surface area contributed by atoms with Crippen molar-refractivity contribution in [2.24, 2.45) is 0 Å². The molecule has 2 heteroatoms. The van der Waals surface area contributed by atoms with Crippen LogP contribution < -0.4 is 4.74 Å². The van der Waals surface area contributed by atoms with Gasteiger partial charge in [0.15, 0.2) is 6.20 Å². The number of nitrogens with zero attached hydrogens (tertiary/aromatic N) is 1. The molecule has 1 aromatic rings. The third-order valence-electron chi connectivity index (χ3n) is 1.27. The molecule has 60 valence electrons. The molecule has 0 aromatic heterocycles. The number of benzene rings is 1. The minimum Gasteiger partial charge on any atom is -0.491 e. The Bertz CT molecular complexity index is 284. The summed E-state index contributed by atoms with van der Waals surface area (Å²) >= 11 is 0. The molecule has 0 N–H and O–H groups in total. The van der Waals surface area contributed by atoms with E-state index in [0.717, 1.165) is 5.75 Å². The predicted octanol–water partition coefficient (Wildman–Crippen LogP) is 2.50. The highest BCUT2D eigenvalue weighted by atomic mass is 16.5. The zero-order chi connectivity index (χ0) is 8.65. The van der Waals surface area contributed by atoms with Crippen molar-refractivity contribution in [2.75, 3.05) is 6.61 Å². The normalized spacial score (nSPS) is 9.58. The summed E-state index contributed by atoms with van der Waals surface area (Å²) in [5, 5.41) is 0. The second-order valence-corrected chi connectivity index (χ2v) is 2.14. The van der Waals surface area contributed by atoms with Gasteiger partial charge >= 0.3 is 0 Å². The van der Waals surface area contributed by atoms with E-state index in [9.17, 15) is 0 Å². The second kappa shape index (κ2) is 4.97. The molecule has 0 radical (unpaired) electrons. The first-order valence-corrected chi connectivity index (χ1v) is 3.63. The van der Waals surface area contributed by atoms with Gasteiger partial charge in [-0.1, -0.05) is 18.2 Å². The van der Waals surface area contributed by atoms with E-state index in [-0.39, 0.29) is 0 Å². The molecule has 0 fully saturated rings. The molecule has 0 spiro atoms. The molecular formula is C10H9NO. The van der Waals surface area contributed by atoms with Gasteiger partial charge in [-0.05, 0) is 18.2 Å². The molecule has 2 nitrogen and oxygen atoms in total. The van der Waals surface area contributed by atoms with E-state index in [0.29, 0.717) is 6.61 Å². The molecule has 0 bridgehead atoms. The molecule has 0 aliphatic rings. The van der Waals surface area contributed by atoms with Gasteiger partial charge in [0, 0.05) is 0 Å². The maximum Gasteiger partial charge on any atom is 0.153 e. The highest BCUT2D eigenvalue weighted by Gasteiger charge is 1.85. The molecule has 0 saturated heterocycles. The van der Waals surface area contributed by atoms with Crippen molar-refractivity contribution in [1.82, 2.24) is 0 Å². The lowest BCUT2D eigenvalue weighted by Gasteiger charge is -2.00. The minimum absolute atomic E-state index is 0.451. The van der Waals surface area contributed by atoms with Crippen LogP contribution in [0.15, 0.2) is 42.6 Å². The molecule has 0 heterocycles. The standard InChI is InChI=1S/C10H9NO/c1-11-8-5-9-12-10-6-3-2-4-7-10/h2-8H,9H2/b8-5-. The Morgan fingerprint density at radius 2 is 2.08 bits per heavy atom. The van der Waals surface area contributed by atoms with E-state index in [1.807, 2.05) is 30.3 Å². The average Bonchev–Trinajstić information content (AvgIpc) is 2.14. The Kier molecular flexibility index (Phi) is 3.46. The molecule has 1 rings (SSSR count). The summed E-state index contributed by atoms with van der Waals surface area (Å²) in [6, 6.07) is 9.51. The van der Waals surface area contributed by atoms with Crippen molar-refractivity contribution in [3.63, 3.8) is 0 Å². The number of rotatable bonds is 3. The Morgan fingerprint density at radius 1 is 1.33 bits per heavy atom. The topological polar surface area (TPSA) is 13.6 Å². The first kappa shape index (κ1) is 8.35. The summed E-state index contributed by atoms with van der Waals surface area (Å²) in [5.74, 6) is 0.826. The van der Waals surface area contributed by atoms with Crippen LogP contribution in [0.4, 0.5) is 0 Å². The van der Waals surface area contributed by atoms with Crippen LogP contribution >= 0.6 is 0 Å². The van der Waals surface area contributed by atoms with Gasteiger partial charge in [0.1, 0.15) is 5.75 Å². The monoisotopic (exact) mass is 159 g/mol. The molecule has 0 amide bonds. The second-order valence-electron chi connectivity index (χ2n) is 2.14.